The molecule has 1 aromatic carbocycles. The maximum atomic E-state index is 12.6. The van der Waals surface area contributed by atoms with Crippen LogP contribution in [-0.2, 0) is 19.5 Å². The van der Waals surface area contributed by atoms with E-state index in [2.05, 4.69) is 27.5 Å². The maximum Gasteiger partial charge on any atom is 0.255 e. The van der Waals surface area contributed by atoms with Crippen molar-refractivity contribution in [3.05, 3.63) is 77.2 Å². The molecule has 0 atom stereocenters. The quantitative estimate of drug-likeness (QED) is 0.711. The third-order valence-corrected chi connectivity index (χ3v) is 4.19. The average molecular weight is 350 g/mol. The Bertz CT molecular complexity index is 875. The molecule has 0 unspecified atom stereocenters. The summed E-state index contributed by atoms with van der Waals surface area (Å²) in [6.07, 6.45) is 4.02. The first-order valence-corrected chi connectivity index (χ1v) is 8.57. The summed E-state index contributed by atoms with van der Waals surface area (Å²) in [5.74, 6) is 0.371. The number of hydrogen-bond donors (Lipinski definition) is 1. The van der Waals surface area contributed by atoms with Gasteiger partial charge in [-0.25, -0.2) is 4.98 Å². The van der Waals surface area contributed by atoms with Crippen LogP contribution < -0.4 is 10.1 Å². The fraction of sp³-hybridized carbons (Fsp3) is 0.250. The van der Waals surface area contributed by atoms with Crippen LogP contribution in [0, 0.1) is 0 Å². The summed E-state index contributed by atoms with van der Waals surface area (Å²) in [5, 5.41) is 7.34. The van der Waals surface area contributed by atoms with Crippen LogP contribution in [0.5, 0.6) is 5.88 Å². The molecule has 2 aromatic heterocycles. The number of hydrogen-bond acceptors (Lipinski definition) is 4. The molecule has 0 saturated carbocycles. The number of benzene rings is 1. The number of amides is 1. The van der Waals surface area contributed by atoms with E-state index in [9.17, 15) is 4.79 Å². The van der Waals surface area contributed by atoms with Gasteiger partial charge in [0.2, 0.25) is 5.88 Å². The van der Waals surface area contributed by atoms with Crippen LogP contribution in [0.2, 0.25) is 0 Å². The number of carbonyl (C=O) groups is 1. The van der Waals surface area contributed by atoms with Gasteiger partial charge in [-0.1, -0.05) is 43.3 Å². The van der Waals surface area contributed by atoms with Gasteiger partial charge in [0.1, 0.15) is 0 Å². The second-order valence-corrected chi connectivity index (χ2v) is 5.86. The highest BCUT2D eigenvalue weighted by Gasteiger charge is 2.17. The van der Waals surface area contributed by atoms with Crippen molar-refractivity contribution in [2.75, 3.05) is 7.11 Å². The molecule has 0 radical (unpaired) electrons. The molecule has 1 N–H and O–H groups in total. The highest BCUT2D eigenvalue weighted by Crippen LogP contribution is 2.15. The van der Waals surface area contributed by atoms with Gasteiger partial charge in [0.15, 0.2) is 0 Å². The van der Waals surface area contributed by atoms with E-state index in [0.29, 0.717) is 24.5 Å². The Kier molecular flexibility index (Phi) is 5.63. The Morgan fingerprint density at radius 1 is 1.19 bits per heavy atom. The maximum absolute atomic E-state index is 12.6. The van der Waals surface area contributed by atoms with Crippen molar-refractivity contribution in [1.29, 1.82) is 0 Å². The van der Waals surface area contributed by atoms with Crippen molar-refractivity contribution in [1.82, 2.24) is 20.1 Å². The zero-order valence-corrected chi connectivity index (χ0v) is 15.0. The zero-order valence-electron chi connectivity index (χ0n) is 15.0. The highest BCUT2D eigenvalue weighted by atomic mass is 16.5. The summed E-state index contributed by atoms with van der Waals surface area (Å²) in [5.41, 5.74) is 3.51. The van der Waals surface area contributed by atoms with Gasteiger partial charge in [0.25, 0.3) is 5.91 Å². The van der Waals surface area contributed by atoms with Crippen molar-refractivity contribution in [3.63, 3.8) is 0 Å². The van der Waals surface area contributed by atoms with Gasteiger partial charge in [-0.05, 0) is 18.1 Å². The molecule has 0 fully saturated rings. The number of aromatic nitrogens is 3. The van der Waals surface area contributed by atoms with Crippen molar-refractivity contribution >= 4 is 5.91 Å². The molecule has 0 aliphatic heterocycles. The number of rotatable bonds is 7. The number of ether oxygens (including phenoxy) is 1. The lowest BCUT2D eigenvalue weighted by molar-refractivity contribution is 0.0949. The topological polar surface area (TPSA) is 69.0 Å². The Labute approximate surface area is 152 Å². The highest BCUT2D eigenvalue weighted by molar-refractivity contribution is 5.95. The Balaban J connectivity index is 1.73. The average Bonchev–Trinajstić information content (AvgIpc) is 3.09. The molecule has 0 bridgehead atoms. The summed E-state index contributed by atoms with van der Waals surface area (Å²) < 4.78 is 7.10. The molecule has 26 heavy (non-hydrogen) atoms. The molecule has 2 heterocycles. The largest absolute Gasteiger partial charge is 0.481 e. The first-order valence-electron chi connectivity index (χ1n) is 8.57. The summed E-state index contributed by atoms with van der Waals surface area (Å²) in [4.78, 5) is 16.8. The van der Waals surface area contributed by atoms with Crippen LogP contribution in [0.3, 0.4) is 0 Å². The molecule has 0 saturated heterocycles. The minimum atomic E-state index is -0.146. The lowest BCUT2D eigenvalue weighted by Crippen LogP contribution is -2.24. The third-order valence-electron chi connectivity index (χ3n) is 4.19. The van der Waals surface area contributed by atoms with Crippen molar-refractivity contribution < 1.29 is 9.53 Å². The van der Waals surface area contributed by atoms with E-state index in [0.717, 1.165) is 23.2 Å². The van der Waals surface area contributed by atoms with Gasteiger partial charge in [0, 0.05) is 18.3 Å². The third kappa shape index (κ3) is 3.91. The number of nitrogens with zero attached hydrogens (tertiary/aromatic N) is 3. The first kappa shape index (κ1) is 17.7. The van der Waals surface area contributed by atoms with Crippen molar-refractivity contribution in [2.24, 2.45) is 0 Å². The second-order valence-electron chi connectivity index (χ2n) is 5.86. The normalized spacial score (nSPS) is 10.5. The monoisotopic (exact) mass is 350 g/mol. The number of nitrogens with one attached hydrogen (secondary N) is 1. The molecule has 0 aliphatic rings. The van der Waals surface area contributed by atoms with E-state index < -0.39 is 0 Å². The zero-order chi connectivity index (χ0) is 18.4. The van der Waals surface area contributed by atoms with E-state index in [1.807, 2.05) is 41.9 Å². The number of pyridine rings is 1. The fourth-order valence-electron chi connectivity index (χ4n) is 2.88. The van der Waals surface area contributed by atoms with Crippen molar-refractivity contribution in [2.45, 2.75) is 26.4 Å². The fourth-order valence-corrected chi connectivity index (χ4v) is 2.88. The molecule has 6 nitrogen and oxygen atoms in total. The number of methoxy groups -OCH3 is 1. The predicted molar refractivity (Wildman–Crippen MR) is 99.1 cm³/mol. The van der Waals surface area contributed by atoms with Gasteiger partial charge in [0.05, 0.1) is 31.1 Å². The van der Waals surface area contributed by atoms with Crippen LogP contribution in [0.25, 0.3) is 0 Å². The standard InChI is InChI=1S/C20H22N4O2/c1-3-18-17(13-23-24(18)14-15-8-5-4-6-9-15)19(25)22-12-16-10-7-11-21-20(16)26-2/h4-11,13H,3,12,14H2,1-2H3,(H,22,25). The first-order chi connectivity index (χ1) is 12.7. The molecule has 134 valence electrons. The van der Waals surface area contributed by atoms with Crippen LogP contribution >= 0.6 is 0 Å². The van der Waals surface area contributed by atoms with E-state index in [4.69, 9.17) is 4.74 Å². The molecule has 3 rings (SSSR count). The minimum absolute atomic E-state index is 0.146. The van der Waals surface area contributed by atoms with Crippen LogP contribution in [0.15, 0.2) is 54.9 Å². The Morgan fingerprint density at radius 2 is 2.00 bits per heavy atom. The van der Waals surface area contributed by atoms with Crippen LogP contribution in [0.4, 0.5) is 0 Å². The second kappa shape index (κ2) is 8.29. The van der Waals surface area contributed by atoms with E-state index in [1.54, 1.807) is 19.5 Å². The summed E-state index contributed by atoms with van der Waals surface area (Å²) in [7, 11) is 1.57. The van der Waals surface area contributed by atoms with Crippen molar-refractivity contribution in [3.8, 4) is 5.88 Å². The van der Waals surface area contributed by atoms with Crippen LogP contribution in [0.1, 0.15) is 34.1 Å². The lowest BCUT2D eigenvalue weighted by Gasteiger charge is -2.10. The molecule has 1 amide bonds. The van der Waals surface area contributed by atoms with E-state index in [1.165, 1.54) is 0 Å². The van der Waals surface area contributed by atoms with Gasteiger partial charge in [-0.3, -0.25) is 9.48 Å². The van der Waals surface area contributed by atoms with Gasteiger partial charge in [-0.2, -0.15) is 5.10 Å². The van der Waals surface area contributed by atoms with E-state index >= 15 is 0 Å². The minimum Gasteiger partial charge on any atom is -0.481 e. The predicted octanol–water partition coefficient (Wildman–Crippen LogP) is 2.83. The molecule has 6 heteroatoms. The summed E-state index contributed by atoms with van der Waals surface area (Å²) in [6, 6.07) is 13.8. The lowest BCUT2D eigenvalue weighted by atomic mass is 10.1. The Morgan fingerprint density at radius 3 is 2.73 bits per heavy atom. The summed E-state index contributed by atoms with van der Waals surface area (Å²) in [6.45, 7) is 3.02. The summed E-state index contributed by atoms with van der Waals surface area (Å²) >= 11 is 0. The smallest absolute Gasteiger partial charge is 0.255 e. The van der Waals surface area contributed by atoms with Gasteiger partial charge >= 0.3 is 0 Å². The molecule has 0 spiro atoms. The molecule has 0 aliphatic carbocycles. The van der Waals surface area contributed by atoms with Crippen LogP contribution in [-0.4, -0.2) is 27.8 Å². The van der Waals surface area contributed by atoms with E-state index in [-0.39, 0.29) is 5.91 Å². The molecule has 3 aromatic rings. The van der Waals surface area contributed by atoms with Gasteiger partial charge in [-0.15, -0.1) is 0 Å². The molecular weight excluding hydrogens is 328 g/mol. The number of carbonyl (C=O) groups excluding carboxylic acids is 1. The molecular formula is C20H22N4O2. The Hall–Kier alpha value is -3.15. The SMILES string of the molecule is CCc1c(C(=O)NCc2cccnc2OC)cnn1Cc1ccccc1. The van der Waals surface area contributed by atoms with Gasteiger partial charge < -0.3 is 10.1 Å².